The molecule has 0 atom stereocenters. The summed E-state index contributed by atoms with van der Waals surface area (Å²) >= 11 is 0. The van der Waals surface area contributed by atoms with E-state index < -0.39 is 29.3 Å². The molecule has 0 aromatic heterocycles. The number of hydrogen-bond donors (Lipinski definition) is 8. The second-order valence-corrected chi connectivity index (χ2v) is 14.5. The Balaban J connectivity index is 5.23. The van der Waals surface area contributed by atoms with Gasteiger partial charge in [-0.1, -0.05) is 0 Å². The van der Waals surface area contributed by atoms with Crippen molar-refractivity contribution < 1.29 is 96.7 Å². The largest absolute Gasteiger partial charge is 0.481 e. The molecule has 0 aliphatic heterocycles. The maximum atomic E-state index is 11.9. The predicted molar refractivity (Wildman–Crippen MR) is 227 cm³/mol. The Morgan fingerprint density at radius 2 is 0.492 bits per heavy atom. The van der Waals surface area contributed by atoms with E-state index in [1.165, 1.54) is 0 Å². The lowest BCUT2D eigenvalue weighted by Crippen LogP contribution is -2.43. The van der Waals surface area contributed by atoms with E-state index in [1.54, 1.807) is 0 Å². The van der Waals surface area contributed by atoms with Gasteiger partial charge in [-0.25, -0.2) is 0 Å². The number of amides is 4. The van der Waals surface area contributed by atoms with Crippen LogP contribution in [-0.4, -0.2) is 200 Å². The Bertz CT molecular complexity index is 1140. The van der Waals surface area contributed by atoms with E-state index in [0.29, 0.717) is 0 Å². The molecule has 376 valence electrons. The highest BCUT2D eigenvalue weighted by Gasteiger charge is 2.32. The van der Waals surface area contributed by atoms with Crippen LogP contribution in [0.2, 0.25) is 0 Å². The van der Waals surface area contributed by atoms with E-state index in [4.69, 9.17) is 58.3 Å². The number of ether oxygens (including phenoxy) is 8. The molecule has 65 heavy (non-hydrogen) atoms. The third-order valence-corrected chi connectivity index (χ3v) is 8.57. The molecule has 0 bridgehead atoms. The molecule has 0 saturated heterocycles. The molecule has 0 radical (unpaired) electrons. The first-order valence-corrected chi connectivity index (χ1v) is 21.8. The van der Waals surface area contributed by atoms with E-state index in [1.807, 2.05) is 0 Å². The van der Waals surface area contributed by atoms with Gasteiger partial charge in [0.05, 0.1) is 111 Å². The zero-order valence-corrected chi connectivity index (χ0v) is 37.4. The second-order valence-electron chi connectivity index (χ2n) is 14.5. The van der Waals surface area contributed by atoms with Crippen molar-refractivity contribution in [3.8, 4) is 0 Å². The van der Waals surface area contributed by atoms with E-state index in [0.717, 1.165) is 0 Å². The Morgan fingerprint density at radius 3 is 0.692 bits per heavy atom. The van der Waals surface area contributed by atoms with Crippen molar-refractivity contribution >= 4 is 47.5 Å². The zero-order chi connectivity index (χ0) is 48.2. The van der Waals surface area contributed by atoms with E-state index in [2.05, 4.69) is 21.3 Å². The number of aliphatic carboxylic acids is 4. The number of carboxylic acid groups (broad SMARTS) is 4. The first-order chi connectivity index (χ1) is 31.2. The van der Waals surface area contributed by atoms with Crippen LogP contribution in [-0.2, 0) is 76.3 Å². The van der Waals surface area contributed by atoms with Crippen LogP contribution in [0.15, 0.2) is 0 Å². The molecule has 4 amide bonds. The van der Waals surface area contributed by atoms with Crippen molar-refractivity contribution in [2.24, 2.45) is 5.41 Å². The van der Waals surface area contributed by atoms with Crippen molar-refractivity contribution in [3.05, 3.63) is 0 Å². The number of carboxylic acids is 4. The number of carbonyl (C=O) groups is 8. The SMILES string of the molecule is O=C(O)CCCC(=O)NCCOCCOCC(COCCOCCNC(=O)CCCC(=O)O)(COCCOCCNC(=O)CCCC(=O)O)COCCOCCNC(=O)CCCC(=O)O. The van der Waals surface area contributed by atoms with Gasteiger partial charge in [0, 0.05) is 77.5 Å². The molecule has 0 fully saturated rings. The topological polar surface area (TPSA) is 339 Å². The Kier molecular flexibility index (Phi) is 39.1. The van der Waals surface area contributed by atoms with Gasteiger partial charge in [0.15, 0.2) is 0 Å². The van der Waals surface area contributed by atoms with Gasteiger partial charge in [-0.3, -0.25) is 38.4 Å². The number of carbonyl (C=O) groups excluding carboxylic acids is 4. The Morgan fingerprint density at radius 1 is 0.292 bits per heavy atom. The fourth-order valence-corrected chi connectivity index (χ4v) is 5.29. The summed E-state index contributed by atoms with van der Waals surface area (Å²) in [5.74, 6) is -4.98. The molecule has 0 aromatic carbocycles. The maximum absolute atomic E-state index is 11.9. The van der Waals surface area contributed by atoms with Crippen molar-refractivity contribution in [1.82, 2.24) is 21.3 Å². The molecule has 0 unspecified atom stereocenters. The summed E-state index contributed by atoms with van der Waals surface area (Å²) in [6, 6.07) is 0. The molecule has 0 aliphatic rings. The number of nitrogens with one attached hydrogen (secondary N) is 4. The highest BCUT2D eigenvalue weighted by Crippen LogP contribution is 2.21. The third-order valence-electron chi connectivity index (χ3n) is 8.57. The molecular formula is C41H72N4O20. The highest BCUT2D eigenvalue weighted by atomic mass is 16.6. The van der Waals surface area contributed by atoms with Gasteiger partial charge in [0.2, 0.25) is 23.6 Å². The molecule has 0 saturated carbocycles. The zero-order valence-electron chi connectivity index (χ0n) is 37.4. The molecule has 0 spiro atoms. The number of hydrogen-bond acceptors (Lipinski definition) is 16. The second kappa shape index (κ2) is 42.1. The average molecular weight is 941 g/mol. The molecule has 24 nitrogen and oxygen atoms in total. The summed E-state index contributed by atoms with van der Waals surface area (Å²) in [7, 11) is 0. The van der Waals surface area contributed by atoms with Gasteiger partial charge in [0.1, 0.15) is 0 Å². The first-order valence-electron chi connectivity index (χ1n) is 21.8. The van der Waals surface area contributed by atoms with Crippen LogP contribution >= 0.6 is 0 Å². The maximum Gasteiger partial charge on any atom is 0.303 e. The quantitative estimate of drug-likeness (QED) is 0.0360. The van der Waals surface area contributed by atoms with E-state index >= 15 is 0 Å². The lowest BCUT2D eigenvalue weighted by molar-refractivity contribution is -0.138. The summed E-state index contributed by atoms with van der Waals surface area (Å²) in [5.41, 5.74) is -0.873. The van der Waals surface area contributed by atoms with Crippen LogP contribution in [0.3, 0.4) is 0 Å². The molecule has 0 rings (SSSR count). The van der Waals surface area contributed by atoms with Gasteiger partial charge in [-0.05, 0) is 25.7 Å². The van der Waals surface area contributed by atoms with Crippen LogP contribution in [0.5, 0.6) is 0 Å². The first kappa shape index (κ1) is 60.4. The van der Waals surface area contributed by atoms with E-state index in [9.17, 15) is 38.4 Å². The van der Waals surface area contributed by atoms with Gasteiger partial charge in [0.25, 0.3) is 0 Å². The van der Waals surface area contributed by atoms with Crippen molar-refractivity contribution in [2.45, 2.75) is 77.0 Å². The number of rotatable bonds is 48. The summed E-state index contributed by atoms with van der Waals surface area (Å²) in [6.45, 7) is 3.49. The van der Waals surface area contributed by atoms with Gasteiger partial charge >= 0.3 is 23.9 Å². The summed E-state index contributed by atoms with van der Waals surface area (Å²) < 4.78 is 46.3. The Labute approximate surface area is 379 Å². The van der Waals surface area contributed by atoms with Crippen molar-refractivity contribution in [1.29, 1.82) is 0 Å². The third kappa shape index (κ3) is 43.1. The van der Waals surface area contributed by atoms with Crippen molar-refractivity contribution in [3.63, 3.8) is 0 Å². The smallest absolute Gasteiger partial charge is 0.303 e. The van der Waals surface area contributed by atoms with Crippen LogP contribution < -0.4 is 21.3 Å². The minimum absolute atomic E-state index is 0.0922. The molecule has 0 aromatic rings. The Hall–Kier alpha value is -4.56. The normalized spacial score (nSPS) is 11.2. The summed E-state index contributed by atoms with van der Waals surface area (Å²) in [4.78, 5) is 90.1. The van der Waals surface area contributed by atoms with Crippen LogP contribution in [0, 0.1) is 5.41 Å². The highest BCUT2D eigenvalue weighted by molar-refractivity contribution is 5.78. The lowest BCUT2D eigenvalue weighted by Gasteiger charge is -2.33. The van der Waals surface area contributed by atoms with Crippen LogP contribution in [0.4, 0.5) is 0 Å². The van der Waals surface area contributed by atoms with Gasteiger partial charge < -0.3 is 79.6 Å². The molecular weight excluding hydrogens is 868 g/mol. The molecule has 0 heterocycles. The average Bonchev–Trinajstić information content (AvgIpc) is 3.24. The fraction of sp³-hybridized carbons (Fsp3) is 0.805. The van der Waals surface area contributed by atoms with Crippen LogP contribution in [0.25, 0.3) is 0 Å². The monoisotopic (exact) mass is 940 g/mol. The minimum atomic E-state index is -0.970. The standard InChI is InChI=1S/C41H72N4O20/c46-33(5-1-9-37(50)51)42-13-17-58-21-25-62-29-41(30-63-26-22-59-18-14-43-34(47)6-2-10-38(52)53,31-64-27-23-60-19-15-44-35(48)7-3-11-39(54)55)32-65-28-24-61-20-16-45-36(49)8-4-12-40(56)57/h1-32H2,(H,42,46)(H,43,47)(H,44,48)(H,45,49)(H,50,51)(H,52,53)(H,54,55)(H,56,57). The van der Waals surface area contributed by atoms with Gasteiger partial charge in [-0.15, -0.1) is 0 Å². The molecule has 8 N–H and O–H groups in total. The van der Waals surface area contributed by atoms with Crippen LogP contribution in [0.1, 0.15) is 77.0 Å². The van der Waals surface area contributed by atoms with E-state index in [-0.39, 0.29) is 233 Å². The van der Waals surface area contributed by atoms with Gasteiger partial charge in [-0.2, -0.15) is 0 Å². The minimum Gasteiger partial charge on any atom is -0.481 e. The fourth-order valence-electron chi connectivity index (χ4n) is 5.29. The van der Waals surface area contributed by atoms with Crippen molar-refractivity contribution in [2.75, 3.05) is 132 Å². The molecule has 24 heteroatoms. The predicted octanol–water partition coefficient (Wildman–Crippen LogP) is -0.410. The summed E-state index contributed by atoms with van der Waals surface area (Å²) in [6.07, 6.45) is 0.922. The molecule has 0 aliphatic carbocycles. The lowest BCUT2D eigenvalue weighted by atomic mass is 9.92. The summed E-state index contributed by atoms with van der Waals surface area (Å²) in [5, 5.41) is 45.6.